The highest BCUT2D eigenvalue weighted by Crippen LogP contribution is 2.11. The molecule has 0 atom stereocenters. The van der Waals surface area contributed by atoms with Gasteiger partial charge in [0.2, 0.25) is 0 Å². The number of aliphatic imine (C=N–C) groups is 1. The van der Waals surface area contributed by atoms with Crippen molar-refractivity contribution in [2.75, 3.05) is 19.3 Å². The van der Waals surface area contributed by atoms with Gasteiger partial charge in [0.15, 0.2) is 15.8 Å². The number of nitrogens with one attached hydrogen (secondary N) is 2. The van der Waals surface area contributed by atoms with Crippen LogP contribution in [0.5, 0.6) is 0 Å². The van der Waals surface area contributed by atoms with E-state index in [4.69, 9.17) is 0 Å². The molecule has 0 aliphatic rings. The minimum Gasteiger partial charge on any atom is -0.357 e. The van der Waals surface area contributed by atoms with Crippen LogP contribution in [0.2, 0.25) is 0 Å². The van der Waals surface area contributed by atoms with Gasteiger partial charge in [-0.25, -0.2) is 18.1 Å². The first kappa shape index (κ1) is 24.9. The van der Waals surface area contributed by atoms with Gasteiger partial charge in [-0.2, -0.15) is 5.10 Å². The number of hydrogen-bond acceptors (Lipinski definition) is 4. The van der Waals surface area contributed by atoms with Crippen LogP contribution in [0.25, 0.3) is 5.69 Å². The first-order valence-electron chi connectivity index (χ1n) is 9.86. The summed E-state index contributed by atoms with van der Waals surface area (Å²) in [5.74, 6) is 0.751. The van der Waals surface area contributed by atoms with E-state index in [2.05, 4.69) is 20.7 Å². The van der Waals surface area contributed by atoms with Crippen molar-refractivity contribution in [1.29, 1.82) is 0 Å². The van der Waals surface area contributed by atoms with Crippen molar-refractivity contribution >= 4 is 39.8 Å². The zero-order valence-corrected chi connectivity index (χ0v) is 20.8. The van der Waals surface area contributed by atoms with E-state index in [-0.39, 0.29) is 24.0 Å². The molecule has 2 N–H and O–H groups in total. The lowest BCUT2D eigenvalue weighted by Crippen LogP contribution is -2.38. The molecule has 0 unspecified atom stereocenters. The molecule has 3 aromatic rings. The van der Waals surface area contributed by atoms with Crippen molar-refractivity contribution in [3.05, 3.63) is 78.1 Å². The molecule has 0 aliphatic carbocycles. The van der Waals surface area contributed by atoms with Gasteiger partial charge in [-0.1, -0.05) is 24.3 Å². The Morgan fingerprint density at radius 3 is 2.29 bits per heavy atom. The van der Waals surface area contributed by atoms with Crippen LogP contribution in [0.15, 0.2) is 76.9 Å². The van der Waals surface area contributed by atoms with Crippen molar-refractivity contribution in [3.63, 3.8) is 0 Å². The molecule has 0 spiro atoms. The fraction of sp³-hybridized carbons (Fsp3) is 0.273. The molecule has 3 rings (SSSR count). The van der Waals surface area contributed by atoms with Crippen LogP contribution in [0.4, 0.5) is 0 Å². The first-order valence-corrected chi connectivity index (χ1v) is 11.7. The molecular formula is C22H28IN5O2S. The molecule has 0 amide bonds. The summed E-state index contributed by atoms with van der Waals surface area (Å²) >= 11 is 0. The third-order valence-electron chi connectivity index (χ3n) is 4.53. The van der Waals surface area contributed by atoms with Crippen molar-refractivity contribution < 1.29 is 8.42 Å². The van der Waals surface area contributed by atoms with Crippen molar-refractivity contribution in [2.24, 2.45) is 4.99 Å². The van der Waals surface area contributed by atoms with E-state index in [9.17, 15) is 8.42 Å². The fourth-order valence-electron chi connectivity index (χ4n) is 2.92. The number of halogens is 1. The SMILES string of the molecule is CCNC(=NCc1ccc(-n2cccn2)cc1)NCCc1ccc(S(C)(=O)=O)cc1.I. The highest BCUT2D eigenvalue weighted by Gasteiger charge is 2.06. The zero-order chi connectivity index (χ0) is 21.4. The molecule has 9 heteroatoms. The van der Waals surface area contributed by atoms with Gasteiger partial charge in [0.25, 0.3) is 0 Å². The summed E-state index contributed by atoms with van der Waals surface area (Å²) < 4.78 is 24.9. The van der Waals surface area contributed by atoms with E-state index in [1.165, 1.54) is 6.26 Å². The minimum absolute atomic E-state index is 0. The Labute approximate surface area is 200 Å². The predicted molar refractivity (Wildman–Crippen MR) is 135 cm³/mol. The lowest BCUT2D eigenvalue weighted by Gasteiger charge is -2.11. The van der Waals surface area contributed by atoms with Gasteiger partial charge in [-0.05, 0) is 54.8 Å². The highest BCUT2D eigenvalue weighted by molar-refractivity contribution is 14.0. The van der Waals surface area contributed by atoms with Crippen molar-refractivity contribution in [1.82, 2.24) is 20.4 Å². The summed E-state index contributed by atoms with van der Waals surface area (Å²) in [6.45, 7) is 4.06. The Balaban J connectivity index is 0.00000341. The van der Waals surface area contributed by atoms with Crippen LogP contribution in [0.1, 0.15) is 18.1 Å². The summed E-state index contributed by atoms with van der Waals surface area (Å²) in [6, 6.07) is 17.0. The lowest BCUT2D eigenvalue weighted by atomic mass is 10.1. The second-order valence-corrected chi connectivity index (χ2v) is 8.92. The molecule has 166 valence electrons. The van der Waals surface area contributed by atoms with Crippen LogP contribution in [-0.2, 0) is 22.8 Å². The second-order valence-electron chi connectivity index (χ2n) is 6.91. The zero-order valence-electron chi connectivity index (χ0n) is 17.7. The molecule has 0 bridgehead atoms. The smallest absolute Gasteiger partial charge is 0.191 e. The predicted octanol–water partition coefficient (Wildman–Crippen LogP) is 3.19. The van der Waals surface area contributed by atoms with Gasteiger partial charge in [0.1, 0.15) is 0 Å². The molecule has 0 fully saturated rings. The fourth-order valence-corrected chi connectivity index (χ4v) is 3.55. The van der Waals surface area contributed by atoms with Crippen molar-refractivity contribution in [2.45, 2.75) is 24.8 Å². The van der Waals surface area contributed by atoms with Crippen molar-refractivity contribution in [3.8, 4) is 5.69 Å². The summed E-state index contributed by atoms with van der Waals surface area (Å²) in [7, 11) is -3.16. The summed E-state index contributed by atoms with van der Waals surface area (Å²) in [4.78, 5) is 4.99. The minimum atomic E-state index is -3.16. The molecular weight excluding hydrogens is 525 g/mol. The molecule has 2 aromatic carbocycles. The van der Waals surface area contributed by atoms with Gasteiger partial charge in [-0.15, -0.1) is 24.0 Å². The van der Waals surface area contributed by atoms with Gasteiger partial charge in [0.05, 0.1) is 17.1 Å². The van der Waals surface area contributed by atoms with E-state index >= 15 is 0 Å². The van der Waals surface area contributed by atoms with E-state index in [0.717, 1.165) is 35.7 Å². The maximum atomic E-state index is 11.5. The van der Waals surface area contributed by atoms with Crippen LogP contribution in [0.3, 0.4) is 0 Å². The second kappa shape index (κ2) is 11.8. The summed E-state index contributed by atoms with van der Waals surface area (Å²) in [5.41, 5.74) is 3.19. The maximum Gasteiger partial charge on any atom is 0.191 e. The molecule has 0 aliphatic heterocycles. The number of benzene rings is 2. The van der Waals surface area contributed by atoms with E-state index in [0.29, 0.717) is 18.0 Å². The van der Waals surface area contributed by atoms with Gasteiger partial charge < -0.3 is 10.6 Å². The number of rotatable bonds is 8. The first-order chi connectivity index (χ1) is 14.5. The Hall–Kier alpha value is -2.40. The number of aromatic nitrogens is 2. The van der Waals surface area contributed by atoms with Gasteiger partial charge in [0, 0.05) is 31.7 Å². The topological polar surface area (TPSA) is 88.4 Å². The summed E-state index contributed by atoms with van der Waals surface area (Å²) in [6.07, 6.45) is 5.66. The monoisotopic (exact) mass is 553 g/mol. The van der Waals surface area contributed by atoms with Crippen LogP contribution in [0, 0.1) is 0 Å². The van der Waals surface area contributed by atoms with E-state index in [1.807, 2.05) is 60.3 Å². The van der Waals surface area contributed by atoms with Gasteiger partial charge >= 0.3 is 0 Å². The van der Waals surface area contributed by atoms with Crippen LogP contribution < -0.4 is 10.6 Å². The van der Waals surface area contributed by atoms with E-state index in [1.54, 1.807) is 18.3 Å². The quantitative estimate of drug-likeness (QED) is 0.254. The standard InChI is InChI=1S/C22H27N5O2S.HI/c1-3-23-22(24-15-13-18-7-11-21(12-8-18)30(2,28)29)25-17-19-5-9-20(10-6-19)27-16-4-14-26-27;/h4-12,14,16H,3,13,15,17H2,1-2H3,(H2,23,24,25);1H. The molecule has 31 heavy (non-hydrogen) atoms. The highest BCUT2D eigenvalue weighted by atomic mass is 127. The Morgan fingerprint density at radius 2 is 1.71 bits per heavy atom. The molecule has 7 nitrogen and oxygen atoms in total. The normalized spacial score (nSPS) is 11.6. The third kappa shape index (κ3) is 7.66. The summed E-state index contributed by atoms with van der Waals surface area (Å²) in [5, 5.41) is 10.8. The number of sulfone groups is 1. The molecule has 0 saturated heterocycles. The number of nitrogens with zero attached hydrogens (tertiary/aromatic N) is 3. The van der Waals surface area contributed by atoms with Gasteiger partial charge in [-0.3, -0.25) is 0 Å². The molecule has 0 radical (unpaired) electrons. The van der Waals surface area contributed by atoms with E-state index < -0.39 is 9.84 Å². The molecule has 0 saturated carbocycles. The average molecular weight is 553 g/mol. The number of hydrogen-bond donors (Lipinski definition) is 2. The molecule has 1 heterocycles. The average Bonchev–Trinajstić information content (AvgIpc) is 3.27. The Kier molecular flexibility index (Phi) is 9.50. The Morgan fingerprint density at radius 1 is 1.03 bits per heavy atom. The largest absolute Gasteiger partial charge is 0.357 e. The molecule has 1 aromatic heterocycles. The lowest BCUT2D eigenvalue weighted by molar-refractivity contribution is 0.602. The Bertz CT molecular complexity index is 1060. The van der Waals surface area contributed by atoms with Crippen LogP contribution in [-0.4, -0.2) is 43.5 Å². The number of guanidine groups is 1. The third-order valence-corrected chi connectivity index (χ3v) is 5.66. The van der Waals surface area contributed by atoms with Crippen LogP contribution >= 0.6 is 24.0 Å². The maximum absolute atomic E-state index is 11.5.